The fourth-order valence-electron chi connectivity index (χ4n) is 1.19. The first kappa shape index (κ1) is 14.4. The molecule has 1 aromatic carbocycles. The maximum absolute atomic E-state index is 11.6. The molecule has 1 atom stereocenters. The van der Waals surface area contributed by atoms with Gasteiger partial charge in [-0.15, -0.1) is 0 Å². The van der Waals surface area contributed by atoms with Crippen molar-refractivity contribution in [2.75, 3.05) is 13.2 Å². The minimum Gasteiger partial charge on any atom is -0.394 e. The molecule has 0 aliphatic heterocycles. The minimum atomic E-state index is -1.08. The van der Waals surface area contributed by atoms with Crippen LogP contribution in [0.15, 0.2) is 18.2 Å². The number of nitrogens with one attached hydrogen (secondary N) is 1. The molecule has 0 spiro atoms. The van der Waals surface area contributed by atoms with E-state index in [1.54, 1.807) is 0 Å². The zero-order chi connectivity index (χ0) is 13.7. The first-order chi connectivity index (χ1) is 8.43. The van der Waals surface area contributed by atoms with Crippen LogP contribution < -0.4 is 5.32 Å². The fraction of sp³-hybridized carbons (Fsp3) is 0.300. The smallest absolute Gasteiger partial charge is 0.271 e. The van der Waals surface area contributed by atoms with Crippen LogP contribution in [0.1, 0.15) is 10.4 Å². The van der Waals surface area contributed by atoms with Gasteiger partial charge < -0.3 is 15.5 Å². The summed E-state index contributed by atoms with van der Waals surface area (Å²) in [6.45, 7) is -0.647. The van der Waals surface area contributed by atoms with Gasteiger partial charge in [-0.05, 0) is 6.07 Å². The van der Waals surface area contributed by atoms with Gasteiger partial charge >= 0.3 is 0 Å². The summed E-state index contributed by atoms with van der Waals surface area (Å²) in [5.41, 5.74) is -0.283. The number of nitrogens with zero attached hydrogens (tertiary/aromatic N) is 1. The zero-order valence-corrected chi connectivity index (χ0v) is 9.92. The zero-order valence-electron chi connectivity index (χ0n) is 9.17. The molecule has 1 rings (SSSR count). The Morgan fingerprint density at radius 2 is 2.17 bits per heavy atom. The molecule has 0 aliphatic carbocycles. The summed E-state index contributed by atoms with van der Waals surface area (Å²) >= 11 is 5.65. The number of aliphatic hydroxyl groups excluding tert-OH is 2. The average molecular weight is 275 g/mol. The topological polar surface area (TPSA) is 113 Å². The third-order valence-electron chi connectivity index (χ3n) is 2.06. The van der Waals surface area contributed by atoms with E-state index in [2.05, 4.69) is 5.32 Å². The number of benzene rings is 1. The molecule has 0 saturated carbocycles. The van der Waals surface area contributed by atoms with Gasteiger partial charge in [-0.2, -0.15) is 0 Å². The van der Waals surface area contributed by atoms with Crippen LogP contribution in [0.5, 0.6) is 0 Å². The molecule has 0 heterocycles. The van der Waals surface area contributed by atoms with E-state index < -0.39 is 23.5 Å². The number of amides is 1. The van der Waals surface area contributed by atoms with E-state index in [0.29, 0.717) is 0 Å². The number of carbonyl (C=O) groups excluding carboxylic acids is 1. The summed E-state index contributed by atoms with van der Waals surface area (Å²) in [6.07, 6.45) is -1.08. The van der Waals surface area contributed by atoms with Crippen LogP contribution in [0.25, 0.3) is 0 Å². The second-order valence-corrected chi connectivity index (χ2v) is 3.94. The Bertz CT molecular complexity index is 466. The van der Waals surface area contributed by atoms with E-state index in [-0.39, 0.29) is 22.8 Å². The van der Waals surface area contributed by atoms with E-state index in [9.17, 15) is 14.9 Å². The minimum absolute atomic E-state index is 0.0133. The van der Waals surface area contributed by atoms with Crippen LogP contribution in [0.3, 0.4) is 0 Å². The molecule has 1 aromatic rings. The molecule has 7 nitrogen and oxygen atoms in total. The molecule has 18 heavy (non-hydrogen) atoms. The molecule has 1 unspecified atom stereocenters. The SMILES string of the molecule is O=C(NCC(O)CO)c1cc(Cl)cc([N+](=O)[O-])c1. The summed E-state index contributed by atoms with van der Waals surface area (Å²) in [5, 5.41) is 30.6. The van der Waals surface area contributed by atoms with Crippen molar-refractivity contribution in [2.24, 2.45) is 0 Å². The maximum atomic E-state index is 11.6. The van der Waals surface area contributed by atoms with E-state index in [4.69, 9.17) is 21.8 Å². The van der Waals surface area contributed by atoms with Crippen molar-refractivity contribution in [1.82, 2.24) is 5.32 Å². The molecular weight excluding hydrogens is 264 g/mol. The van der Waals surface area contributed by atoms with E-state index in [0.717, 1.165) is 12.1 Å². The number of nitro groups is 1. The van der Waals surface area contributed by atoms with E-state index in [1.165, 1.54) is 6.07 Å². The third kappa shape index (κ3) is 3.95. The molecule has 0 radical (unpaired) electrons. The molecule has 1 amide bonds. The number of halogens is 1. The molecule has 0 aliphatic rings. The second-order valence-electron chi connectivity index (χ2n) is 3.50. The number of hydrogen-bond donors (Lipinski definition) is 3. The monoisotopic (exact) mass is 274 g/mol. The largest absolute Gasteiger partial charge is 0.394 e. The predicted molar refractivity (Wildman–Crippen MR) is 63.5 cm³/mol. The highest BCUT2D eigenvalue weighted by Gasteiger charge is 2.14. The lowest BCUT2D eigenvalue weighted by molar-refractivity contribution is -0.384. The van der Waals surface area contributed by atoms with Crippen molar-refractivity contribution in [2.45, 2.75) is 6.10 Å². The lowest BCUT2D eigenvalue weighted by Crippen LogP contribution is -2.33. The predicted octanol–water partition coefficient (Wildman–Crippen LogP) is 0.331. The maximum Gasteiger partial charge on any atom is 0.271 e. The lowest BCUT2D eigenvalue weighted by Gasteiger charge is -2.09. The summed E-state index contributed by atoms with van der Waals surface area (Å²) in [7, 11) is 0. The highest BCUT2D eigenvalue weighted by molar-refractivity contribution is 6.31. The number of hydrogen-bond acceptors (Lipinski definition) is 5. The Balaban J connectivity index is 2.82. The number of aliphatic hydroxyl groups is 2. The van der Waals surface area contributed by atoms with Gasteiger partial charge in [0.25, 0.3) is 11.6 Å². The number of rotatable bonds is 5. The number of carbonyl (C=O) groups is 1. The first-order valence-corrected chi connectivity index (χ1v) is 5.34. The van der Waals surface area contributed by atoms with Crippen LogP contribution in [0.2, 0.25) is 5.02 Å². The normalized spacial score (nSPS) is 11.9. The fourth-order valence-corrected chi connectivity index (χ4v) is 1.42. The Kier molecular flexibility index (Phi) is 5.02. The van der Waals surface area contributed by atoms with Gasteiger partial charge in [0.1, 0.15) is 0 Å². The van der Waals surface area contributed by atoms with Crippen LogP contribution in [-0.2, 0) is 0 Å². The average Bonchev–Trinajstić information content (AvgIpc) is 2.34. The van der Waals surface area contributed by atoms with Crippen molar-refractivity contribution in [3.8, 4) is 0 Å². The van der Waals surface area contributed by atoms with Crippen molar-refractivity contribution in [1.29, 1.82) is 0 Å². The van der Waals surface area contributed by atoms with Crippen molar-refractivity contribution < 1.29 is 19.9 Å². The van der Waals surface area contributed by atoms with Gasteiger partial charge in [0.15, 0.2) is 0 Å². The highest BCUT2D eigenvalue weighted by Crippen LogP contribution is 2.20. The Hall–Kier alpha value is -1.70. The Labute approximate surface area is 107 Å². The van der Waals surface area contributed by atoms with Crippen molar-refractivity contribution >= 4 is 23.2 Å². The molecule has 0 fully saturated rings. The van der Waals surface area contributed by atoms with Crippen LogP contribution in [0, 0.1) is 10.1 Å². The molecule has 0 bridgehead atoms. The number of non-ortho nitro benzene ring substituents is 1. The lowest BCUT2D eigenvalue weighted by atomic mass is 10.2. The second kappa shape index (κ2) is 6.29. The summed E-state index contributed by atoms with van der Waals surface area (Å²) in [5.74, 6) is -0.617. The Morgan fingerprint density at radius 1 is 1.50 bits per heavy atom. The first-order valence-electron chi connectivity index (χ1n) is 4.96. The van der Waals surface area contributed by atoms with Crippen LogP contribution in [-0.4, -0.2) is 40.3 Å². The molecule has 0 aromatic heterocycles. The number of nitro benzene ring substituents is 1. The van der Waals surface area contributed by atoms with Gasteiger partial charge in [0, 0.05) is 29.3 Å². The summed E-state index contributed by atoms with van der Waals surface area (Å²) < 4.78 is 0. The van der Waals surface area contributed by atoms with Crippen LogP contribution >= 0.6 is 11.6 Å². The molecular formula is C10H11ClN2O5. The summed E-state index contributed by atoms with van der Waals surface area (Å²) in [6, 6.07) is 3.47. The van der Waals surface area contributed by atoms with Crippen molar-refractivity contribution in [3.05, 3.63) is 38.9 Å². The molecule has 3 N–H and O–H groups in total. The van der Waals surface area contributed by atoms with Gasteiger partial charge in [-0.25, -0.2) is 0 Å². The summed E-state index contributed by atoms with van der Waals surface area (Å²) in [4.78, 5) is 21.5. The van der Waals surface area contributed by atoms with Gasteiger partial charge in [-0.3, -0.25) is 14.9 Å². The van der Waals surface area contributed by atoms with Gasteiger partial charge in [0.05, 0.1) is 17.6 Å². The van der Waals surface area contributed by atoms with Gasteiger partial charge in [0.2, 0.25) is 0 Å². The Morgan fingerprint density at radius 3 is 2.72 bits per heavy atom. The van der Waals surface area contributed by atoms with E-state index >= 15 is 0 Å². The molecule has 98 valence electrons. The molecule has 8 heteroatoms. The molecule has 0 saturated heterocycles. The van der Waals surface area contributed by atoms with E-state index in [1.807, 2.05) is 0 Å². The third-order valence-corrected chi connectivity index (χ3v) is 2.28. The quantitative estimate of drug-likeness (QED) is 0.529. The highest BCUT2D eigenvalue weighted by atomic mass is 35.5. The van der Waals surface area contributed by atoms with Crippen LogP contribution in [0.4, 0.5) is 5.69 Å². The van der Waals surface area contributed by atoms with Gasteiger partial charge in [-0.1, -0.05) is 11.6 Å². The standard InChI is InChI=1S/C10H11ClN2O5/c11-7-1-6(2-8(3-7)13(17)18)10(16)12-4-9(15)5-14/h1-3,9,14-15H,4-5H2,(H,12,16). The van der Waals surface area contributed by atoms with Crippen molar-refractivity contribution in [3.63, 3.8) is 0 Å².